The number of hydrogen-bond donors (Lipinski definition) is 0. The molecule has 3 saturated carbocycles. The third kappa shape index (κ3) is 1.84. The monoisotopic (exact) mass is 364 g/mol. The van der Waals surface area contributed by atoms with Crippen LogP contribution in [0.2, 0.25) is 0 Å². The van der Waals surface area contributed by atoms with Gasteiger partial charge in [-0.3, -0.25) is 9.59 Å². The minimum atomic E-state index is -0.0458. The SMILES string of the molecule is C[C@]12C=C(Br)C(=O)CC1CC[C@@H]1[C@@H]2CC[C@]2(C)C(=O)CC[C@@H]12. The molecular formula is C19H25BrO2. The van der Waals surface area contributed by atoms with E-state index in [-0.39, 0.29) is 16.6 Å². The largest absolute Gasteiger partial charge is 0.299 e. The maximum atomic E-state index is 12.4. The molecule has 0 aliphatic heterocycles. The average Bonchev–Trinajstić information content (AvgIpc) is 2.77. The average molecular weight is 365 g/mol. The highest BCUT2D eigenvalue weighted by Crippen LogP contribution is 2.64. The quantitative estimate of drug-likeness (QED) is 0.625. The van der Waals surface area contributed by atoms with Gasteiger partial charge in [-0.25, -0.2) is 0 Å². The van der Waals surface area contributed by atoms with Gasteiger partial charge in [0.25, 0.3) is 0 Å². The second-order valence-corrected chi connectivity index (χ2v) is 9.41. The first-order chi connectivity index (χ1) is 10.4. The van der Waals surface area contributed by atoms with Crippen molar-refractivity contribution in [2.75, 3.05) is 0 Å². The van der Waals surface area contributed by atoms with E-state index < -0.39 is 0 Å². The molecule has 120 valence electrons. The van der Waals surface area contributed by atoms with E-state index in [1.165, 1.54) is 6.42 Å². The standard InChI is InChI=1S/C19H25BrO2/c1-18-8-7-14-12(13(18)5-6-17(18)22)4-3-11-9-16(21)15(20)10-19(11,14)2/h10-14H,3-9H2,1-2H3/t11?,12-,13-,14-,18-,19-/m0/s1. The van der Waals surface area contributed by atoms with Gasteiger partial charge in [0, 0.05) is 18.3 Å². The van der Waals surface area contributed by atoms with Crippen molar-refractivity contribution in [1.29, 1.82) is 0 Å². The molecule has 22 heavy (non-hydrogen) atoms. The molecule has 0 saturated heterocycles. The summed E-state index contributed by atoms with van der Waals surface area (Å²) in [6.07, 6.45) is 9.42. The fraction of sp³-hybridized carbons (Fsp3) is 0.789. The summed E-state index contributed by atoms with van der Waals surface area (Å²) >= 11 is 3.50. The van der Waals surface area contributed by atoms with E-state index in [1.54, 1.807) is 0 Å². The van der Waals surface area contributed by atoms with Gasteiger partial charge >= 0.3 is 0 Å². The summed E-state index contributed by atoms with van der Waals surface area (Å²) in [5.74, 6) is 3.20. The third-order valence-corrected chi connectivity index (χ3v) is 8.48. The van der Waals surface area contributed by atoms with Crippen LogP contribution in [-0.2, 0) is 9.59 Å². The zero-order chi connectivity index (χ0) is 15.7. The van der Waals surface area contributed by atoms with Gasteiger partial charge in [-0.15, -0.1) is 0 Å². The van der Waals surface area contributed by atoms with Gasteiger partial charge in [-0.2, -0.15) is 0 Å². The number of carbonyl (C=O) groups is 2. The maximum absolute atomic E-state index is 12.4. The highest BCUT2D eigenvalue weighted by atomic mass is 79.9. The Morgan fingerprint density at radius 2 is 1.86 bits per heavy atom. The van der Waals surface area contributed by atoms with Crippen molar-refractivity contribution in [3.05, 3.63) is 10.6 Å². The van der Waals surface area contributed by atoms with Gasteiger partial charge in [-0.05, 0) is 77.1 Å². The highest BCUT2D eigenvalue weighted by molar-refractivity contribution is 9.12. The molecule has 3 heteroatoms. The molecule has 0 N–H and O–H groups in total. The summed E-state index contributed by atoms with van der Waals surface area (Å²) in [5, 5.41) is 0. The molecule has 6 atom stereocenters. The molecule has 0 aromatic carbocycles. The molecule has 0 bridgehead atoms. The molecule has 4 aliphatic carbocycles. The normalized spacial score (nSPS) is 51.0. The topological polar surface area (TPSA) is 34.1 Å². The Morgan fingerprint density at radius 3 is 2.64 bits per heavy atom. The smallest absolute Gasteiger partial charge is 0.169 e. The van der Waals surface area contributed by atoms with E-state index in [1.807, 2.05) is 0 Å². The summed E-state index contributed by atoms with van der Waals surface area (Å²) in [6, 6.07) is 0. The first kappa shape index (κ1) is 15.1. The lowest BCUT2D eigenvalue weighted by molar-refractivity contribution is -0.135. The lowest BCUT2D eigenvalue weighted by Crippen LogP contribution is -2.52. The number of halogens is 1. The predicted octanol–water partition coefficient (Wildman–Crippen LogP) is 4.67. The minimum absolute atomic E-state index is 0.0458. The number of fused-ring (bicyclic) bond motifs is 5. The van der Waals surface area contributed by atoms with Gasteiger partial charge in [0.05, 0.1) is 4.48 Å². The summed E-state index contributed by atoms with van der Waals surface area (Å²) in [7, 11) is 0. The zero-order valence-corrected chi connectivity index (χ0v) is 15.1. The van der Waals surface area contributed by atoms with E-state index >= 15 is 0 Å². The van der Waals surface area contributed by atoms with Crippen molar-refractivity contribution in [3.63, 3.8) is 0 Å². The van der Waals surface area contributed by atoms with Crippen molar-refractivity contribution in [2.24, 2.45) is 34.5 Å². The van der Waals surface area contributed by atoms with Crippen LogP contribution < -0.4 is 0 Å². The maximum Gasteiger partial charge on any atom is 0.169 e. The van der Waals surface area contributed by atoms with E-state index in [2.05, 4.69) is 35.9 Å². The molecule has 4 rings (SSSR count). The molecular weight excluding hydrogens is 340 g/mol. The molecule has 3 fully saturated rings. The van der Waals surface area contributed by atoms with Crippen LogP contribution in [0.3, 0.4) is 0 Å². The number of rotatable bonds is 0. The lowest BCUT2D eigenvalue weighted by atomic mass is 9.46. The van der Waals surface area contributed by atoms with Crippen molar-refractivity contribution in [3.8, 4) is 0 Å². The summed E-state index contributed by atoms with van der Waals surface area (Å²) in [6.45, 7) is 4.61. The fourth-order valence-corrected chi connectivity index (χ4v) is 7.12. The van der Waals surface area contributed by atoms with E-state index in [9.17, 15) is 9.59 Å². The molecule has 0 spiro atoms. The Labute approximate surface area is 141 Å². The second-order valence-electron chi connectivity index (χ2n) is 8.55. The summed E-state index contributed by atoms with van der Waals surface area (Å²) < 4.78 is 0.794. The molecule has 1 unspecified atom stereocenters. The van der Waals surface area contributed by atoms with Crippen LogP contribution in [0.15, 0.2) is 10.6 Å². The summed E-state index contributed by atoms with van der Waals surface area (Å²) in [5.41, 5.74) is 0.0957. The minimum Gasteiger partial charge on any atom is -0.299 e. The van der Waals surface area contributed by atoms with Gasteiger partial charge in [0.2, 0.25) is 0 Å². The van der Waals surface area contributed by atoms with Crippen LogP contribution >= 0.6 is 15.9 Å². The summed E-state index contributed by atoms with van der Waals surface area (Å²) in [4.78, 5) is 24.5. The van der Waals surface area contributed by atoms with Crippen LogP contribution in [-0.4, -0.2) is 11.6 Å². The molecule has 0 aromatic rings. The second kappa shape index (κ2) is 4.78. The molecule has 0 heterocycles. The van der Waals surface area contributed by atoms with Gasteiger partial charge in [0.15, 0.2) is 5.78 Å². The Balaban J connectivity index is 1.72. The first-order valence-corrected chi connectivity index (χ1v) is 9.60. The Morgan fingerprint density at radius 1 is 1.09 bits per heavy atom. The van der Waals surface area contributed by atoms with E-state index in [0.29, 0.717) is 35.9 Å². The molecule has 4 aliphatic rings. The molecule has 0 radical (unpaired) electrons. The van der Waals surface area contributed by atoms with Crippen LogP contribution in [0, 0.1) is 34.5 Å². The van der Waals surface area contributed by atoms with Crippen molar-refractivity contribution in [2.45, 2.75) is 58.8 Å². The van der Waals surface area contributed by atoms with E-state index in [0.717, 1.165) is 36.6 Å². The first-order valence-electron chi connectivity index (χ1n) is 8.81. The number of carbonyl (C=O) groups excluding carboxylic acids is 2. The lowest BCUT2D eigenvalue weighted by Gasteiger charge is -2.58. The third-order valence-electron chi connectivity index (χ3n) is 7.81. The number of hydrogen-bond acceptors (Lipinski definition) is 2. The van der Waals surface area contributed by atoms with Crippen molar-refractivity contribution in [1.82, 2.24) is 0 Å². The zero-order valence-electron chi connectivity index (χ0n) is 13.5. The van der Waals surface area contributed by atoms with Crippen LogP contribution in [0.1, 0.15) is 58.8 Å². The predicted molar refractivity (Wildman–Crippen MR) is 89.5 cm³/mol. The molecule has 0 aromatic heterocycles. The number of allylic oxidation sites excluding steroid dienone is 2. The Hall–Kier alpha value is -0.440. The van der Waals surface area contributed by atoms with Crippen molar-refractivity contribution >= 4 is 27.5 Å². The van der Waals surface area contributed by atoms with Gasteiger partial charge < -0.3 is 0 Å². The van der Waals surface area contributed by atoms with Crippen LogP contribution in [0.4, 0.5) is 0 Å². The van der Waals surface area contributed by atoms with Gasteiger partial charge in [0.1, 0.15) is 5.78 Å². The van der Waals surface area contributed by atoms with Crippen LogP contribution in [0.25, 0.3) is 0 Å². The van der Waals surface area contributed by atoms with Crippen LogP contribution in [0.5, 0.6) is 0 Å². The van der Waals surface area contributed by atoms with Crippen molar-refractivity contribution < 1.29 is 9.59 Å². The van der Waals surface area contributed by atoms with E-state index in [4.69, 9.17) is 0 Å². The fourth-order valence-electron chi connectivity index (χ4n) is 6.46. The highest BCUT2D eigenvalue weighted by Gasteiger charge is 2.59. The Kier molecular flexibility index (Phi) is 3.28. The number of ketones is 2. The molecule has 2 nitrogen and oxygen atoms in total. The number of Topliss-reactive ketones (excluding diaryl/α,β-unsaturated/α-hetero) is 2. The van der Waals surface area contributed by atoms with Gasteiger partial charge in [-0.1, -0.05) is 19.9 Å². The Bertz CT molecular complexity index is 580. The molecule has 0 amide bonds.